The molecule has 1 aliphatic heterocycles. The molecule has 3 rings (SSSR count). The molecule has 2 N–H and O–H groups in total. The lowest BCUT2D eigenvalue weighted by Crippen LogP contribution is -2.38. The van der Waals surface area contributed by atoms with E-state index in [1.807, 2.05) is 50.2 Å². The maximum Gasteiger partial charge on any atom is 0.253 e. The van der Waals surface area contributed by atoms with Crippen molar-refractivity contribution in [3.8, 4) is 0 Å². The molecule has 0 aliphatic carbocycles. The van der Waals surface area contributed by atoms with Gasteiger partial charge in [-0.3, -0.25) is 14.5 Å². The van der Waals surface area contributed by atoms with E-state index in [2.05, 4.69) is 15.5 Å². The SMILES string of the molecule is CC[C@H](C)NC(=O)c1ccccc1NC(=O)C1CCN(Cc2ccc(Cl)cc2)CC1. The average molecular weight is 428 g/mol. The fraction of sp³-hybridized carbons (Fsp3) is 0.417. The fourth-order valence-corrected chi connectivity index (χ4v) is 3.76. The van der Waals surface area contributed by atoms with Crippen molar-refractivity contribution < 1.29 is 9.59 Å². The van der Waals surface area contributed by atoms with Gasteiger partial charge in [0.1, 0.15) is 0 Å². The van der Waals surface area contributed by atoms with Crippen LogP contribution in [0.1, 0.15) is 49.0 Å². The first kappa shape index (κ1) is 22.3. The van der Waals surface area contributed by atoms with Gasteiger partial charge in [0.25, 0.3) is 5.91 Å². The molecular weight excluding hydrogens is 398 g/mol. The largest absolute Gasteiger partial charge is 0.350 e. The topological polar surface area (TPSA) is 61.4 Å². The van der Waals surface area contributed by atoms with E-state index in [4.69, 9.17) is 11.6 Å². The number of carbonyl (C=O) groups excluding carboxylic acids is 2. The third kappa shape index (κ3) is 6.07. The van der Waals surface area contributed by atoms with Gasteiger partial charge in [-0.05, 0) is 69.1 Å². The van der Waals surface area contributed by atoms with Crippen LogP contribution in [0.3, 0.4) is 0 Å². The second-order valence-electron chi connectivity index (χ2n) is 7.99. The Bertz CT molecular complexity index is 861. The van der Waals surface area contributed by atoms with Gasteiger partial charge >= 0.3 is 0 Å². The lowest BCUT2D eigenvalue weighted by molar-refractivity contribution is -0.121. The van der Waals surface area contributed by atoms with Gasteiger partial charge in [-0.2, -0.15) is 0 Å². The summed E-state index contributed by atoms with van der Waals surface area (Å²) in [6, 6.07) is 15.2. The van der Waals surface area contributed by atoms with E-state index in [1.54, 1.807) is 12.1 Å². The van der Waals surface area contributed by atoms with Gasteiger partial charge in [-0.1, -0.05) is 42.8 Å². The normalized spacial score (nSPS) is 16.1. The summed E-state index contributed by atoms with van der Waals surface area (Å²) < 4.78 is 0. The van der Waals surface area contributed by atoms with E-state index < -0.39 is 0 Å². The molecule has 2 aromatic rings. The zero-order chi connectivity index (χ0) is 21.5. The Balaban J connectivity index is 1.55. The summed E-state index contributed by atoms with van der Waals surface area (Å²) in [6.07, 6.45) is 2.47. The molecule has 160 valence electrons. The summed E-state index contributed by atoms with van der Waals surface area (Å²) in [7, 11) is 0. The van der Waals surface area contributed by atoms with Gasteiger partial charge in [-0.25, -0.2) is 0 Å². The minimum Gasteiger partial charge on any atom is -0.350 e. The predicted octanol–water partition coefficient (Wildman–Crippen LogP) is 4.72. The van der Waals surface area contributed by atoms with Crippen LogP contribution in [0, 0.1) is 5.92 Å². The molecule has 2 amide bonds. The highest BCUT2D eigenvalue weighted by molar-refractivity contribution is 6.30. The van der Waals surface area contributed by atoms with Crippen LogP contribution in [0.2, 0.25) is 5.02 Å². The first-order valence-corrected chi connectivity index (χ1v) is 11.0. The molecule has 5 nitrogen and oxygen atoms in total. The number of hydrogen-bond acceptors (Lipinski definition) is 3. The van der Waals surface area contributed by atoms with Gasteiger partial charge in [0.15, 0.2) is 0 Å². The predicted molar refractivity (Wildman–Crippen MR) is 122 cm³/mol. The molecule has 0 bridgehead atoms. The molecule has 30 heavy (non-hydrogen) atoms. The Morgan fingerprint density at radius 3 is 2.43 bits per heavy atom. The Morgan fingerprint density at radius 1 is 1.10 bits per heavy atom. The van der Waals surface area contributed by atoms with Crippen molar-refractivity contribution >= 4 is 29.1 Å². The Morgan fingerprint density at radius 2 is 1.77 bits per heavy atom. The minimum absolute atomic E-state index is 0.00932. The summed E-state index contributed by atoms with van der Waals surface area (Å²) in [5.74, 6) is -0.208. The fourth-order valence-electron chi connectivity index (χ4n) is 3.63. The second kappa shape index (κ2) is 10.6. The number of nitrogens with one attached hydrogen (secondary N) is 2. The number of para-hydroxylation sites is 1. The highest BCUT2D eigenvalue weighted by Crippen LogP contribution is 2.23. The molecule has 0 spiro atoms. The van der Waals surface area contributed by atoms with Crippen molar-refractivity contribution in [2.45, 2.75) is 45.7 Å². The van der Waals surface area contributed by atoms with Gasteiger partial charge in [0.2, 0.25) is 5.91 Å². The molecule has 6 heteroatoms. The molecule has 0 saturated carbocycles. The lowest BCUT2D eigenvalue weighted by Gasteiger charge is -2.31. The third-order valence-corrected chi connectivity index (χ3v) is 5.95. The smallest absolute Gasteiger partial charge is 0.253 e. The van der Waals surface area contributed by atoms with Gasteiger partial charge in [0, 0.05) is 23.5 Å². The van der Waals surface area contributed by atoms with Crippen molar-refractivity contribution in [1.82, 2.24) is 10.2 Å². The lowest BCUT2D eigenvalue weighted by atomic mass is 9.95. The minimum atomic E-state index is -0.155. The summed E-state index contributed by atoms with van der Waals surface area (Å²) >= 11 is 5.95. The third-order valence-electron chi connectivity index (χ3n) is 5.70. The number of amides is 2. The molecular formula is C24H30ClN3O2. The summed E-state index contributed by atoms with van der Waals surface area (Å²) in [6.45, 7) is 6.60. The van der Waals surface area contributed by atoms with E-state index in [1.165, 1.54) is 5.56 Å². The second-order valence-corrected chi connectivity index (χ2v) is 8.43. The number of rotatable bonds is 7. The highest BCUT2D eigenvalue weighted by Gasteiger charge is 2.26. The van der Waals surface area contributed by atoms with Crippen LogP contribution in [0.25, 0.3) is 0 Å². The number of benzene rings is 2. The number of nitrogens with zero attached hydrogens (tertiary/aromatic N) is 1. The Hall–Kier alpha value is -2.37. The maximum atomic E-state index is 12.8. The summed E-state index contributed by atoms with van der Waals surface area (Å²) in [4.78, 5) is 27.8. The monoisotopic (exact) mass is 427 g/mol. The standard InChI is InChI=1S/C24H30ClN3O2/c1-3-17(2)26-24(30)21-6-4-5-7-22(21)27-23(29)19-12-14-28(15-13-19)16-18-8-10-20(25)11-9-18/h4-11,17,19H,3,12-16H2,1-2H3,(H,26,30)(H,27,29)/t17-/m0/s1. The molecule has 0 unspecified atom stereocenters. The quantitative estimate of drug-likeness (QED) is 0.672. The zero-order valence-corrected chi connectivity index (χ0v) is 18.4. The Labute approximate surface area is 183 Å². The number of carbonyl (C=O) groups is 2. The van der Waals surface area contributed by atoms with Crippen molar-refractivity contribution in [3.05, 3.63) is 64.7 Å². The van der Waals surface area contributed by atoms with Crippen molar-refractivity contribution in [2.75, 3.05) is 18.4 Å². The van der Waals surface area contributed by atoms with Gasteiger partial charge < -0.3 is 10.6 Å². The number of anilines is 1. The summed E-state index contributed by atoms with van der Waals surface area (Å²) in [5, 5.41) is 6.70. The van der Waals surface area contributed by atoms with Crippen LogP contribution >= 0.6 is 11.6 Å². The van der Waals surface area contributed by atoms with E-state index >= 15 is 0 Å². The van der Waals surface area contributed by atoms with E-state index in [-0.39, 0.29) is 23.8 Å². The zero-order valence-electron chi connectivity index (χ0n) is 17.7. The number of piperidine rings is 1. The van der Waals surface area contributed by atoms with Crippen LogP contribution in [-0.4, -0.2) is 35.8 Å². The molecule has 1 aliphatic rings. The Kier molecular flexibility index (Phi) is 7.88. The van der Waals surface area contributed by atoms with Gasteiger partial charge in [-0.15, -0.1) is 0 Å². The van der Waals surface area contributed by atoms with E-state index in [9.17, 15) is 9.59 Å². The van der Waals surface area contributed by atoms with Crippen molar-refractivity contribution in [1.29, 1.82) is 0 Å². The molecule has 2 aromatic carbocycles. The maximum absolute atomic E-state index is 12.8. The van der Waals surface area contributed by atoms with Crippen LogP contribution in [-0.2, 0) is 11.3 Å². The van der Waals surface area contributed by atoms with E-state index in [0.717, 1.165) is 43.9 Å². The molecule has 1 heterocycles. The van der Waals surface area contributed by atoms with Crippen LogP contribution in [0.15, 0.2) is 48.5 Å². The van der Waals surface area contributed by atoms with Crippen molar-refractivity contribution in [2.24, 2.45) is 5.92 Å². The highest BCUT2D eigenvalue weighted by atomic mass is 35.5. The van der Waals surface area contributed by atoms with Crippen LogP contribution in [0.5, 0.6) is 0 Å². The average Bonchev–Trinajstić information content (AvgIpc) is 2.76. The van der Waals surface area contributed by atoms with Gasteiger partial charge in [0.05, 0.1) is 11.3 Å². The molecule has 1 fully saturated rings. The number of hydrogen-bond donors (Lipinski definition) is 2. The molecule has 0 radical (unpaired) electrons. The molecule has 1 atom stereocenters. The number of halogens is 1. The summed E-state index contributed by atoms with van der Waals surface area (Å²) in [5.41, 5.74) is 2.31. The van der Waals surface area contributed by atoms with Crippen LogP contribution in [0.4, 0.5) is 5.69 Å². The van der Waals surface area contributed by atoms with E-state index in [0.29, 0.717) is 11.3 Å². The first-order chi connectivity index (χ1) is 14.5. The molecule has 0 aromatic heterocycles. The number of likely N-dealkylation sites (tertiary alicyclic amines) is 1. The molecule has 1 saturated heterocycles. The van der Waals surface area contributed by atoms with Crippen molar-refractivity contribution in [3.63, 3.8) is 0 Å². The first-order valence-electron chi connectivity index (χ1n) is 10.6. The van der Waals surface area contributed by atoms with Crippen LogP contribution < -0.4 is 10.6 Å².